The van der Waals surface area contributed by atoms with Gasteiger partial charge in [-0.05, 0) is 31.2 Å². The van der Waals surface area contributed by atoms with Crippen LogP contribution in [0.1, 0.15) is 12.6 Å². The molecule has 0 atom stereocenters. The van der Waals surface area contributed by atoms with E-state index in [0.29, 0.717) is 42.8 Å². The van der Waals surface area contributed by atoms with E-state index in [4.69, 9.17) is 32.9 Å². The van der Waals surface area contributed by atoms with E-state index in [9.17, 15) is 9.59 Å². The van der Waals surface area contributed by atoms with Gasteiger partial charge in [0.1, 0.15) is 5.65 Å². The van der Waals surface area contributed by atoms with Gasteiger partial charge in [0.05, 0.1) is 36.0 Å². The molecule has 0 spiro atoms. The monoisotopic (exact) mass is 474 g/mol. The molecule has 1 aliphatic heterocycles. The zero-order valence-corrected chi connectivity index (χ0v) is 19.3. The van der Waals surface area contributed by atoms with Crippen LogP contribution in [0.5, 0.6) is 0 Å². The van der Waals surface area contributed by atoms with Crippen LogP contribution in [0.3, 0.4) is 0 Å². The second kappa shape index (κ2) is 9.90. The van der Waals surface area contributed by atoms with Gasteiger partial charge in [0.15, 0.2) is 0 Å². The van der Waals surface area contributed by atoms with Crippen LogP contribution in [0.2, 0.25) is 10.0 Å². The highest BCUT2D eigenvalue weighted by molar-refractivity contribution is 6.30. The molecule has 0 radical (unpaired) electrons. The summed E-state index contributed by atoms with van der Waals surface area (Å²) in [6.07, 6.45) is 1.97. The first-order valence-corrected chi connectivity index (χ1v) is 11.3. The fourth-order valence-electron chi connectivity index (χ4n) is 3.87. The third kappa shape index (κ3) is 5.06. The third-order valence-corrected chi connectivity index (χ3v) is 5.98. The molecule has 7 nitrogen and oxygen atoms in total. The maximum atomic E-state index is 13.2. The first-order valence-electron chi connectivity index (χ1n) is 10.5. The molecule has 0 aliphatic carbocycles. The summed E-state index contributed by atoms with van der Waals surface area (Å²) in [7, 11) is 0. The highest BCUT2D eigenvalue weighted by Gasteiger charge is 2.25. The summed E-state index contributed by atoms with van der Waals surface area (Å²) in [5, 5.41) is 1.21. The number of fused-ring (bicyclic) bond motifs is 1. The molecule has 3 aromatic rings. The van der Waals surface area contributed by atoms with Gasteiger partial charge >= 0.3 is 5.97 Å². The highest BCUT2D eigenvalue weighted by atomic mass is 35.5. The Labute approximate surface area is 196 Å². The summed E-state index contributed by atoms with van der Waals surface area (Å²) in [6, 6.07) is 11.0. The van der Waals surface area contributed by atoms with Gasteiger partial charge in [0, 0.05) is 43.0 Å². The number of hydrogen-bond acceptors (Lipinski definition) is 5. The molecule has 1 fully saturated rings. The zero-order valence-electron chi connectivity index (χ0n) is 17.8. The Hall–Kier alpha value is -2.61. The molecule has 3 heterocycles. The standard InChI is InChI=1S/C23H24Cl2N4O3/c1-2-32-22(31)15-27-9-11-28(12-10-27)21(30)13-19-23(16-3-5-17(24)6-4-16)26-20-8-7-18(25)14-29(19)20/h3-8,14H,2,9-13,15H2,1H3. The minimum Gasteiger partial charge on any atom is -0.465 e. The number of carbonyl (C=O) groups is 2. The fraction of sp³-hybridized carbons (Fsp3) is 0.348. The van der Waals surface area contributed by atoms with E-state index in [1.807, 2.05) is 44.5 Å². The lowest BCUT2D eigenvalue weighted by Crippen LogP contribution is -2.50. The third-order valence-electron chi connectivity index (χ3n) is 5.50. The molecule has 0 bridgehead atoms. The number of rotatable bonds is 6. The summed E-state index contributed by atoms with van der Waals surface area (Å²) < 4.78 is 6.89. The van der Waals surface area contributed by atoms with E-state index in [0.717, 1.165) is 22.6 Å². The number of amides is 1. The molecule has 0 unspecified atom stereocenters. The maximum absolute atomic E-state index is 13.2. The SMILES string of the molecule is CCOC(=O)CN1CCN(C(=O)Cc2c(-c3ccc(Cl)cc3)nc3ccc(Cl)cn23)CC1. The molecule has 1 aliphatic rings. The molecular weight excluding hydrogens is 451 g/mol. The number of nitrogens with zero attached hydrogens (tertiary/aromatic N) is 4. The van der Waals surface area contributed by atoms with Crippen LogP contribution >= 0.6 is 23.2 Å². The molecule has 1 aromatic carbocycles. The largest absolute Gasteiger partial charge is 0.465 e. The van der Waals surface area contributed by atoms with Crippen molar-refractivity contribution in [3.8, 4) is 11.3 Å². The molecular formula is C23H24Cl2N4O3. The van der Waals surface area contributed by atoms with Crippen molar-refractivity contribution in [2.24, 2.45) is 0 Å². The second-order valence-corrected chi connectivity index (χ2v) is 8.50. The van der Waals surface area contributed by atoms with Crippen LogP contribution in [0.25, 0.3) is 16.9 Å². The van der Waals surface area contributed by atoms with E-state index >= 15 is 0 Å². The topological polar surface area (TPSA) is 67.2 Å². The van der Waals surface area contributed by atoms with Crippen molar-refractivity contribution < 1.29 is 14.3 Å². The second-order valence-electron chi connectivity index (χ2n) is 7.63. The number of hydrogen-bond donors (Lipinski definition) is 0. The Morgan fingerprint density at radius 3 is 2.38 bits per heavy atom. The summed E-state index contributed by atoms with van der Waals surface area (Å²) in [4.78, 5) is 33.5. The van der Waals surface area contributed by atoms with E-state index in [1.54, 1.807) is 19.2 Å². The fourth-order valence-corrected chi connectivity index (χ4v) is 4.16. The van der Waals surface area contributed by atoms with Crippen LogP contribution in [0.4, 0.5) is 0 Å². The molecule has 0 N–H and O–H groups in total. The van der Waals surface area contributed by atoms with Crippen molar-refractivity contribution in [2.75, 3.05) is 39.3 Å². The van der Waals surface area contributed by atoms with Crippen molar-refractivity contribution in [2.45, 2.75) is 13.3 Å². The minimum atomic E-state index is -0.234. The van der Waals surface area contributed by atoms with Crippen LogP contribution < -0.4 is 0 Å². The average molecular weight is 475 g/mol. The molecule has 1 amide bonds. The Kier molecular flexibility index (Phi) is 6.98. The van der Waals surface area contributed by atoms with Crippen LogP contribution in [0.15, 0.2) is 42.6 Å². The van der Waals surface area contributed by atoms with Crippen LogP contribution in [-0.2, 0) is 20.7 Å². The van der Waals surface area contributed by atoms with Crippen molar-refractivity contribution in [1.29, 1.82) is 0 Å². The van der Waals surface area contributed by atoms with Crippen molar-refractivity contribution in [3.05, 3.63) is 58.3 Å². The first-order chi connectivity index (χ1) is 15.4. The quantitative estimate of drug-likeness (QED) is 0.511. The molecule has 32 heavy (non-hydrogen) atoms. The van der Waals surface area contributed by atoms with Gasteiger partial charge in [0.2, 0.25) is 5.91 Å². The van der Waals surface area contributed by atoms with Gasteiger partial charge in [-0.1, -0.05) is 35.3 Å². The number of benzene rings is 1. The number of pyridine rings is 1. The van der Waals surface area contributed by atoms with E-state index < -0.39 is 0 Å². The van der Waals surface area contributed by atoms with Gasteiger partial charge < -0.3 is 14.0 Å². The summed E-state index contributed by atoms with van der Waals surface area (Å²) >= 11 is 12.3. The smallest absolute Gasteiger partial charge is 0.320 e. The molecule has 2 aromatic heterocycles. The van der Waals surface area contributed by atoms with Crippen LogP contribution in [0, 0.1) is 0 Å². The molecule has 9 heteroatoms. The Bertz CT molecular complexity index is 1120. The normalized spacial score (nSPS) is 14.7. The minimum absolute atomic E-state index is 0.0118. The number of halogens is 2. The van der Waals surface area contributed by atoms with Gasteiger partial charge in [-0.3, -0.25) is 14.5 Å². The Balaban J connectivity index is 1.53. The number of piperazine rings is 1. The predicted octanol–water partition coefficient (Wildman–Crippen LogP) is 3.56. The van der Waals surface area contributed by atoms with Crippen molar-refractivity contribution in [1.82, 2.24) is 19.2 Å². The van der Waals surface area contributed by atoms with Gasteiger partial charge in [-0.2, -0.15) is 0 Å². The number of imidazole rings is 1. The lowest BCUT2D eigenvalue weighted by Gasteiger charge is -2.34. The molecule has 1 saturated heterocycles. The average Bonchev–Trinajstić information content (AvgIpc) is 3.12. The predicted molar refractivity (Wildman–Crippen MR) is 124 cm³/mol. The van der Waals surface area contributed by atoms with E-state index in [1.165, 1.54) is 0 Å². The number of ether oxygens (including phenoxy) is 1. The number of carbonyl (C=O) groups excluding carboxylic acids is 2. The Morgan fingerprint density at radius 1 is 1.00 bits per heavy atom. The summed E-state index contributed by atoms with van der Waals surface area (Å²) in [5.74, 6) is -0.222. The van der Waals surface area contributed by atoms with Crippen LogP contribution in [-0.4, -0.2) is 70.4 Å². The first kappa shape index (κ1) is 22.6. The summed E-state index contributed by atoms with van der Waals surface area (Å²) in [5.41, 5.74) is 3.12. The summed E-state index contributed by atoms with van der Waals surface area (Å²) in [6.45, 7) is 4.80. The lowest BCUT2D eigenvalue weighted by molar-refractivity contribution is -0.145. The van der Waals surface area contributed by atoms with Gasteiger partial charge in [-0.15, -0.1) is 0 Å². The van der Waals surface area contributed by atoms with Crippen molar-refractivity contribution in [3.63, 3.8) is 0 Å². The molecule has 0 saturated carbocycles. The van der Waals surface area contributed by atoms with Gasteiger partial charge in [-0.25, -0.2) is 4.98 Å². The molecule has 168 valence electrons. The highest BCUT2D eigenvalue weighted by Crippen LogP contribution is 2.28. The lowest BCUT2D eigenvalue weighted by atomic mass is 10.1. The number of aromatic nitrogens is 2. The van der Waals surface area contributed by atoms with E-state index in [2.05, 4.69) is 0 Å². The van der Waals surface area contributed by atoms with Crippen molar-refractivity contribution >= 4 is 40.7 Å². The Morgan fingerprint density at radius 2 is 1.69 bits per heavy atom. The van der Waals surface area contributed by atoms with Gasteiger partial charge in [0.25, 0.3) is 0 Å². The molecule has 4 rings (SSSR count). The van der Waals surface area contributed by atoms with E-state index in [-0.39, 0.29) is 24.8 Å². The zero-order chi connectivity index (χ0) is 22.7. The number of esters is 1. The maximum Gasteiger partial charge on any atom is 0.320 e.